The van der Waals surface area contributed by atoms with E-state index in [9.17, 15) is 0 Å². The topological polar surface area (TPSA) is 57.5 Å². The van der Waals surface area contributed by atoms with Crippen molar-refractivity contribution in [2.45, 2.75) is 27.2 Å². The molecule has 0 fully saturated rings. The van der Waals surface area contributed by atoms with Crippen LogP contribution in [0.25, 0.3) is 0 Å². The SMILES string of the molecule is C/C=C/C=C\O.CCC.O=C/C=C\O. The molecule has 0 aliphatic heterocycles. The van der Waals surface area contributed by atoms with Crippen LogP contribution < -0.4 is 0 Å². The smallest absolute Gasteiger partial charge is 0.145 e. The molecule has 0 radical (unpaired) electrons. The molecule has 0 atom stereocenters. The number of hydrogen-bond donors (Lipinski definition) is 2. The molecule has 0 saturated heterocycles. The van der Waals surface area contributed by atoms with E-state index in [0.717, 1.165) is 12.3 Å². The van der Waals surface area contributed by atoms with Gasteiger partial charge in [0, 0.05) is 6.08 Å². The number of carbonyl (C=O) groups is 1. The molecule has 0 rings (SSSR count). The summed E-state index contributed by atoms with van der Waals surface area (Å²) in [5.41, 5.74) is 0. The van der Waals surface area contributed by atoms with Gasteiger partial charge < -0.3 is 10.2 Å². The Balaban J connectivity index is -0.000000138. The zero-order chi connectivity index (χ0) is 11.7. The molecule has 0 saturated carbocycles. The fraction of sp³-hybridized carbons (Fsp3) is 0.364. The molecule has 3 nitrogen and oxygen atoms in total. The molecule has 0 heterocycles. The molecule has 0 unspecified atom stereocenters. The monoisotopic (exact) mass is 200 g/mol. The van der Waals surface area contributed by atoms with Crippen LogP contribution in [-0.4, -0.2) is 16.5 Å². The first-order valence-electron chi connectivity index (χ1n) is 4.41. The molecule has 82 valence electrons. The Morgan fingerprint density at radius 3 is 1.50 bits per heavy atom. The lowest BCUT2D eigenvalue weighted by Gasteiger charge is -1.63. The van der Waals surface area contributed by atoms with Gasteiger partial charge in [0.2, 0.25) is 0 Å². The van der Waals surface area contributed by atoms with Gasteiger partial charge in [-0.25, -0.2) is 0 Å². The van der Waals surface area contributed by atoms with Gasteiger partial charge in [0.25, 0.3) is 0 Å². The lowest BCUT2D eigenvalue weighted by atomic mass is 10.5. The van der Waals surface area contributed by atoms with Crippen LogP contribution in [0.1, 0.15) is 27.2 Å². The van der Waals surface area contributed by atoms with E-state index >= 15 is 0 Å². The normalized spacial score (nSPS) is 9.36. The van der Waals surface area contributed by atoms with Crippen LogP contribution in [0.2, 0.25) is 0 Å². The highest BCUT2D eigenvalue weighted by Gasteiger charge is 1.50. The summed E-state index contributed by atoms with van der Waals surface area (Å²) in [6.07, 6.45) is 9.58. The quantitative estimate of drug-likeness (QED) is 0.311. The van der Waals surface area contributed by atoms with Crippen LogP contribution >= 0.6 is 0 Å². The van der Waals surface area contributed by atoms with Gasteiger partial charge in [-0.2, -0.15) is 0 Å². The Morgan fingerprint density at radius 2 is 1.43 bits per heavy atom. The molecule has 0 aromatic carbocycles. The Hall–Kier alpha value is -1.51. The number of aliphatic hydroxyl groups is 2. The molecule has 0 aliphatic rings. The second-order valence-electron chi connectivity index (χ2n) is 2.05. The summed E-state index contributed by atoms with van der Waals surface area (Å²) in [5, 5.41) is 15.6. The van der Waals surface area contributed by atoms with Gasteiger partial charge in [0.15, 0.2) is 0 Å². The predicted molar refractivity (Wildman–Crippen MR) is 60.4 cm³/mol. The van der Waals surface area contributed by atoms with Crippen LogP contribution in [0.5, 0.6) is 0 Å². The van der Waals surface area contributed by atoms with Crippen LogP contribution in [0.15, 0.2) is 36.8 Å². The van der Waals surface area contributed by atoms with Crippen molar-refractivity contribution in [1.82, 2.24) is 0 Å². The molecule has 0 aromatic heterocycles. The molecule has 0 aromatic rings. The minimum absolute atomic E-state index is 0.500. The second-order valence-corrected chi connectivity index (χ2v) is 2.05. The lowest BCUT2D eigenvalue weighted by Crippen LogP contribution is -1.53. The van der Waals surface area contributed by atoms with Gasteiger partial charge in [0.1, 0.15) is 6.29 Å². The van der Waals surface area contributed by atoms with Gasteiger partial charge in [-0.3, -0.25) is 4.79 Å². The van der Waals surface area contributed by atoms with Crippen LogP contribution in [0.3, 0.4) is 0 Å². The number of aldehydes is 1. The van der Waals surface area contributed by atoms with Crippen LogP contribution in [0.4, 0.5) is 0 Å². The summed E-state index contributed by atoms with van der Waals surface area (Å²) in [7, 11) is 0. The molecule has 3 heteroatoms. The van der Waals surface area contributed by atoms with Gasteiger partial charge >= 0.3 is 0 Å². The van der Waals surface area contributed by atoms with E-state index in [1.54, 1.807) is 12.2 Å². The van der Waals surface area contributed by atoms with Gasteiger partial charge in [-0.1, -0.05) is 32.4 Å². The highest BCUT2D eigenvalue weighted by molar-refractivity contribution is 5.63. The minimum atomic E-state index is 0.500. The standard InChI is InChI=1S/C5H8O.C3H4O2.C3H8/c1-2-3-4-5-6;4-2-1-3-5;1-3-2/h2-6H,1H3;1-4H;3H2,1-2H3/b3-2+,5-4-;2-1-;. The Labute approximate surface area is 86.1 Å². The number of allylic oxidation sites excluding steroid dienone is 4. The summed E-state index contributed by atoms with van der Waals surface area (Å²) < 4.78 is 0. The third-order valence-corrected chi connectivity index (χ3v) is 0.554. The van der Waals surface area contributed by atoms with Crippen LogP contribution in [-0.2, 0) is 4.79 Å². The van der Waals surface area contributed by atoms with Crippen molar-refractivity contribution in [1.29, 1.82) is 0 Å². The van der Waals surface area contributed by atoms with Gasteiger partial charge in [0.05, 0.1) is 12.5 Å². The summed E-state index contributed by atoms with van der Waals surface area (Å²) in [4.78, 5) is 9.16. The molecule has 0 amide bonds. The van der Waals surface area contributed by atoms with E-state index in [1.807, 2.05) is 13.0 Å². The number of hydrogen-bond acceptors (Lipinski definition) is 3. The molecular weight excluding hydrogens is 180 g/mol. The van der Waals surface area contributed by atoms with Crippen LogP contribution in [0, 0.1) is 0 Å². The third kappa shape index (κ3) is 77.6. The molecule has 2 N–H and O–H groups in total. The van der Waals surface area contributed by atoms with Crippen molar-refractivity contribution in [3.05, 3.63) is 36.8 Å². The number of aliphatic hydroxyl groups excluding tert-OH is 2. The van der Waals surface area contributed by atoms with E-state index in [2.05, 4.69) is 13.8 Å². The van der Waals surface area contributed by atoms with Crippen molar-refractivity contribution >= 4 is 6.29 Å². The summed E-state index contributed by atoms with van der Waals surface area (Å²) in [5.74, 6) is 0. The molecular formula is C11H20O3. The maximum absolute atomic E-state index is 9.16. The van der Waals surface area contributed by atoms with E-state index in [4.69, 9.17) is 15.0 Å². The van der Waals surface area contributed by atoms with Crippen molar-refractivity contribution in [3.8, 4) is 0 Å². The number of carbonyl (C=O) groups excluding carboxylic acids is 1. The Morgan fingerprint density at radius 1 is 1.00 bits per heavy atom. The second kappa shape index (κ2) is 30.0. The predicted octanol–water partition coefficient (Wildman–Crippen LogP) is 3.31. The fourth-order valence-electron chi connectivity index (χ4n) is 0.196. The highest BCUT2D eigenvalue weighted by atomic mass is 16.2. The largest absolute Gasteiger partial charge is 0.516 e. The molecule has 14 heavy (non-hydrogen) atoms. The van der Waals surface area contributed by atoms with Crippen molar-refractivity contribution < 1.29 is 15.0 Å². The Bertz CT molecular complexity index is 148. The maximum atomic E-state index is 9.16. The summed E-state index contributed by atoms with van der Waals surface area (Å²) in [6, 6.07) is 0. The van der Waals surface area contributed by atoms with Crippen molar-refractivity contribution in [2.75, 3.05) is 0 Å². The molecule has 0 aliphatic carbocycles. The zero-order valence-electron chi connectivity index (χ0n) is 9.05. The minimum Gasteiger partial charge on any atom is -0.516 e. The van der Waals surface area contributed by atoms with Gasteiger partial charge in [-0.15, -0.1) is 0 Å². The van der Waals surface area contributed by atoms with Crippen molar-refractivity contribution in [2.24, 2.45) is 0 Å². The van der Waals surface area contributed by atoms with E-state index in [-0.39, 0.29) is 0 Å². The number of rotatable bonds is 2. The first kappa shape index (κ1) is 18.3. The average molecular weight is 200 g/mol. The van der Waals surface area contributed by atoms with Crippen molar-refractivity contribution in [3.63, 3.8) is 0 Å². The summed E-state index contributed by atoms with van der Waals surface area (Å²) >= 11 is 0. The first-order chi connectivity index (χ1) is 6.74. The maximum Gasteiger partial charge on any atom is 0.145 e. The average Bonchev–Trinajstić information content (AvgIpc) is 2.18. The zero-order valence-corrected chi connectivity index (χ0v) is 9.05. The lowest BCUT2D eigenvalue weighted by molar-refractivity contribution is -0.104. The van der Waals surface area contributed by atoms with E-state index in [1.165, 1.54) is 6.42 Å². The highest BCUT2D eigenvalue weighted by Crippen LogP contribution is 1.69. The third-order valence-electron chi connectivity index (χ3n) is 0.554. The Kier molecular flexibility index (Phi) is 39.3. The van der Waals surface area contributed by atoms with Gasteiger partial charge in [-0.05, 0) is 13.0 Å². The first-order valence-corrected chi connectivity index (χ1v) is 4.41. The van der Waals surface area contributed by atoms with E-state index in [0.29, 0.717) is 12.5 Å². The molecule has 0 spiro atoms. The molecule has 0 bridgehead atoms. The summed E-state index contributed by atoms with van der Waals surface area (Å²) in [6.45, 7) is 6.14. The van der Waals surface area contributed by atoms with E-state index < -0.39 is 0 Å². The fourth-order valence-corrected chi connectivity index (χ4v) is 0.196.